The first-order valence-electron chi connectivity index (χ1n) is 13.1. The summed E-state index contributed by atoms with van der Waals surface area (Å²) >= 11 is 6.37. The van der Waals surface area contributed by atoms with Crippen LogP contribution in [0.2, 0.25) is 5.02 Å². The van der Waals surface area contributed by atoms with Gasteiger partial charge in [0.2, 0.25) is 5.95 Å². The minimum Gasteiger partial charge on any atom is -0.489 e. The van der Waals surface area contributed by atoms with E-state index >= 15 is 0 Å². The lowest BCUT2D eigenvalue weighted by molar-refractivity contribution is 0.241. The van der Waals surface area contributed by atoms with Crippen molar-refractivity contribution in [1.29, 1.82) is 0 Å². The van der Waals surface area contributed by atoms with E-state index < -0.39 is 15.1 Å². The SMILES string of the molecule is CN=CC(Nc1nc(Nc2cc(C)c(C3CCN(C)CC3)cc2OC(C)C)ncc1Cl)=C(N)S(=O)(=O)C(C)C. The number of allylic oxidation sites excluding steroid dienone is 1. The van der Waals surface area contributed by atoms with Crippen LogP contribution in [-0.4, -0.2) is 68.0 Å². The number of anilines is 3. The Morgan fingerprint density at radius 2 is 1.92 bits per heavy atom. The average Bonchev–Trinajstić information content (AvgIpc) is 2.87. The molecule has 3 rings (SSSR count). The highest BCUT2D eigenvalue weighted by Crippen LogP contribution is 2.38. The van der Waals surface area contributed by atoms with Gasteiger partial charge in [-0.05, 0) is 96.8 Å². The fraction of sp³-hybridized carbons (Fsp3) is 0.519. The van der Waals surface area contributed by atoms with Gasteiger partial charge in [0, 0.05) is 13.3 Å². The number of hydrogen-bond acceptors (Lipinski definition) is 10. The number of aliphatic imine (C=N–C) groups is 1. The van der Waals surface area contributed by atoms with Crippen molar-refractivity contribution in [3.63, 3.8) is 0 Å². The van der Waals surface area contributed by atoms with Gasteiger partial charge in [0.05, 0.1) is 28.9 Å². The van der Waals surface area contributed by atoms with Crippen LogP contribution in [0.5, 0.6) is 5.75 Å². The molecule has 0 unspecified atom stereocenters. The van der Waals surface area contributed by atoms with Crippen LogP contribution in [0.3, 0.4) is 0 Å². The van der Waals surface area contributed by atoms with Crippen LogP contribution < -0.4 is 21.1 Å². The Labute approximate surface area is 237 Å². The number of benzene rings is 1. The maximum absolute atomic E-state index is 12.7. The zero-order chi connectivity index (χ0) is 28.9. The maximum atomic E-state index is 12.7. The summed E-state index contributed by atoms with van der Waals surface area (Å²) in [6.45, 7) is 11.3. The number of ether oxygens (including phenoxy) is 1. The van der Waals surface area contributed by atoms with Crippen LogP contribution in [0.15, 0.2) is 34.0 Å². The molecule has 39 heavy (non-hydrogen) atoms. The molecule has 1 aliphatic rings. The number of hydrogen-bond donors (Lipinski definition) is 3. The van der Waals surface area contributed by atoms with Crippen molar-refractivity contribution in [2.24, 2.45) is 10.7 Å². The number of aromatic nitrogens is 2. The molecule has 2 aromatic rings. The predicted molar refractivity (Wildman–Crippen MR) is 160 cm³/mol. The fourth-order valence-electron chi connectivity index (χ4n) is 4.37. The summed E-state index contributed by atoms with van der Waals surface area (Å²) in [5.41, 5.74) is 9.27. The molecule has 12 heteroatoms. The van der Waals surface area contributed by atoms with E-state index in [9.17, 15) is 8.42 Å². The number of nitrogens with zero attached hydrogens (tertiary/aromatic N) is 4. The predicted octanol–water partition coefficient (Wildman–Crippen LogP) is 4.84. The van der Waals surface area contributed by atoms with E-state index in [4.69, 9.17) is 22.1 Å². The van der Waals surface area contributed by atoms with E-state index in [0.717, 1.165) is 37.2 Å². The zero-order valence-electron chi connectivity index (χ0n) is 23.7. The molecule has 0 atom stereocenters. The summed E-state index contributed by atoms with van der Waals surface area (Å²) in [5.74, 6) is 1.62. The minimum absolute atomic E-state index is 0.0335. The van der Waals surface area contributed by atoms with Gasteiger partial charge in [0.15, 0.2) is 20.7 Å². The largest absolute Gasteiger partial charge is 0.489 e. The number of nitrogens with two attached hydrogens (primary N) is 1. The molecule has 0 aliphatic carbocycles. The van der Waals surface area contributed by atoms with Gasteiger partial charge in [-0.3, -0.25) is 4.99 Å². The average molecular weight is 578 g/mol. The van der Waals surface area contributed by atoms with Crippen LogP contribution in [-0.2, 0) is 9.84 Å². The van der Waals surface area contributed by atoms with Gasteiger partial charge in [-0.15, -0.1) is 0 Å². The second kappa shape index (κ2) is 13.0. The molecule has 2 heterocycles. The van der Waals surface area contributed by atoms with Gasteiger partial charge in [-0.25, -0.2) is 13.4 Å². The molecule has 10 nitrogen and oxygen atoms in total. The Balaban J connectivity index is 1.97. The lowest BCUT2D eigenvalue weighted by Gasteiger charge is -2.30. The maximum Gasteiger partial charge on any atom is 0.229 e. The number of nitrogens with one attached hydrogen (secondary N) is 2. The Morgan fingerprint density at radius 3 is 2.51 bits per heavy atom. The molecule has 1 saturated heterocycles. The third-order valence-corrected chi connectivity index (χ3v) is 8.93. The molecule has 4 N–H and O–H groups in total. The van der Waals surface area contributed by atoms with Crippen LogP contribution >= 0.6 is 11.6 Å². The van der Waals surface area contributed by atoms with Crippen molar-refractivity contribution in [2.75, 3.05) is 37.8 Å². The summed E-state index contributed by atoms with van der Waals surface area (Å²) in [7, 11) is -0.0761. The highest BCUT2D eigenvalue weighted by molar-refractivity contribution is 7.95. The van der Waals surface area contributed by atoms with E-state index in [-0.39, 0.29) is 33.6 Å². The van der Waals surface area contributed by atoms with Crippen molar-refractivity contribution >= 4 is 45.1 Å². The molecule has 0 saturated carbocycles. The van der Waals surface area contributed by atoms with Gasteiger partial charge in [-0.1, -0.05) is 11.6 Å². The standard InChI is InChI=1S/C27H40ClN7O3S/c1-16(2)38-24-13-20(19-8-10-35(7)11-9-19)18(5)12-22(24)33-27-31-14-21(28)26(34-27)32-23(15-30-6)25(29)39(36,37)17(3)4/h12-17,19H,8-11,29H2,1-7H3,(H2,31,32,33,34). The lowest BCUT2D eigenvalue weighted by Crippen LogP contribution is -2.29. The molecule has 0 radical (unpaired) electrons. The smallest absolute Gasteiger partial charge is 0.229 e. The Morgan fingerprint density at radius 1 is 1.26 bits per heavy atom. The van der Waals surface area contributed by atoms with Gasteiger partial charge in [0.1, 0.15) is 10.8 Å². The molecular weight excluding hydrogens is 538 g/mol. The highest BCUT2D eigenvalue weighted by atomic mass is 35.5. The molecule has 0 bridgehead atoms. The van der Waals surface area contributed by atoms with Crippen molar-refractivity contribution in [1.82, 2.24) is 14.9 Å². The van der Waals surface area contributed by atoms with E-state index in [2.05, 4.69) is 56.6 Å². The Kier molecular flexibility index (Phi) is 10.2. The molecule has 1 aromatic heterocycles. The van der Waals surface area contributed by atoms with Crippen molar-refractivity contribution in [3.8, 4) is 5.75 Å². The Hall–Kier alpha value is -2.89. The third kappa shape index (κ3) is 7.61. The van der Waals surface area contributed by atoms with E-state index in [0.29, 0.717) is 11.7 Å². The molecule has 1 aliphatic heterocycles. The monoisotopic (exact) mass is 577 g/mol. The first kappa shape index (κ1) is 30.6. The van der Waals surface area contributed by atoms with E-state index in [1.807, 2.05) is 13.8 Å². The summed E-state index contributed by atoms with van der Waals surface area (Å²) in [6.07, 6.45) is 4.92. The fourth-order valence-corrected chi connectivity index (χ4v) is 5.43. The molecule has 1 fully saturated rings. The zero-order valence-corrected chi connectivity index (χ0v) is 25.3. The van der Waals surface area contributed by atoms with Crippen molar-refractivity contribution in [2.45, 2.75) is 64.7 Å². The van der Waals surface area contributed by atoms with Crippen LogP contribution in [0, 0.1) is 6.92 Å². The van der Waals surface area contributed by atoms with Crippen LogP contribution in [0.1, 0.15) is 57.6 Å². The summed E-state index contributed by atoms with van der Waals surface area (Å²) in [5, 5.41) is 5.30. The number of likely N-dealkylation sites (tertiary alicyclic amines) is 1. The molecule has 0 amide bonds. The number of rotatable bonds is 10. The van der Waals surface area contributed by atoms with Gasteiger partial charge >= 0.3 is 0 Å². The first-order chi connectivity index (χ1) is 18.3. The van der Waals surface area contributed by atoms with Crippen LogP contribution in [0.4, 0.5) is 17.5 Å². The van der Waals surface area contributed by atoms with E-state index in [1.165, 1.54) is 25.0 Å². The van der Waals surface area contributed by atoms with Crippen molar-refractivity contribution in [3.05, 3.63) is 45.2 Å². The summed E-state index contributed by atoms with van der Waals surface area (Å²) < 4.78 is 31.5. The van der Waals surface area contributed by atoms with Crippen LogP contribution in [0.25, 0.3) is 0 Å². The third-order valence-electron chi connectivity index (χ3n) is 6.58. The Bertz CT molecular complexity index is 1340. The second-order valence-electron chi connectivity index (χ2n) is 10.3. The van der Waals surface area contributed by atoms with Gasteiger partial charge in [0.25, 0.3) is 0 Å². The van der Waals surface area contributed by atoms with Gasteiger partial charge in [-0.2, -0.15) is 4.98 Å². The summed E-state index contributed by atoms with van der Waals surface area (Å²) in [4.78, 5) is 15.1. The summed E-state index contributed by atoms with van der Waals surface area (Å²) in [6, 6.07) is 4.18. The number of piperidine rings is 1. The number of halogens is 1. The minimum atomic E-state index is -3.75. The topological polar surface area (TPSA) is 135 Å². The first-order valence-corrected chi connectivity index (χ1v) is 15.0. The number of aryl methyl sites for hydroxylation is 1. The second-order valence-corrected chi connectivity index (χ2v) is 13.2. The molecule has 0 spiro atoms. The number of sulfone groups is 1. The molecule has 1 aromatic carbocycles. The quantitative estimate of drug-likeness (QED) is 0.339. The molecule has 214 valence electrons. The normalized spacial score (nSPS) is 16.2. The highest BCUT2D eigenvalue weighted by Gasteiger charge is 2.25. The lowest BCUT2D eigenvalue weighted by atomic mass is 9.86. The van der Waals surface area contributed by atoms with Crippen molar-refractivity contribution < 1.29 is 13.2 Å². The van der Waals surface area contributed by atoms with E-state index in [1.54, 1.807) is 13.8 Å². The van der Waals surface area contributed by atoms with Gasteiger partial charge < -0.3 is 26.0 Å². The molecular formula is C27H40ClN7O3S.